The smallest absolute Gasteiger partial charge is 0.325 e. The summed E-state index contributed by atoms with van der Waals surface area (Å²) >= 11 is 0. The van der Waals surface area contributed by atoms with Gasteiger partial charge in [0.05, 0.1) is 11.4 Å². The van der Waals surface area contributed by atoms with Crippen molar-refractivity contribution in [1.82, 2.24) is 10.3 Å². The van der Waals surface area contributed by atoms with Crippen LogP contribution >= 0.6 is 0 Å². The molecule has 1 rings (SSSR count). The molecule has 20 heavy (non-hydrogen) atoms. The number of carboxylic acids is 1. The molecule has 108 valence electrons. The maximum atomic E-state index is 11.6. The van der Waals surface area contributed by atoms with Gasteiger partial charge in [-0.3, -0.25) is 19.9 Å². The van der Waals surface area contributed by atoms with Crippen LogP contribution in [0.5, 0.6) is 0 Å². The summed E-state index contributed by atoms with van der Waals surface area (Å²) in [6.45, 7) is 3.36. The van der Waals surface area contributed by atoms with Crippen molar-refractivity contribution in [3.05, 3.63) is 24.0 Å². The van der Waals surface area contributed by atoms with Gasteiger partial charge in [-0.15, -0.1) is 0 Å². The molecule has 0 aliphatic carbocycles. The molecule has 7 heteroatoms. The number of rotatable bonds is 5. The summed E-state index contributed by atoms with van der Waals surface area (Å²) in [7, 11) is 0. The zero-order valence-electron chi connectivity index (χ0n) is 11.3. The van der Waals surface area contributed by atoms with Crippen LogP contribution in [0, 0.1) is 12.8 Å². The molecule has 0 bridgehead atoms. The van der Waals surface area contributed by atoms with Gasteiger partial charge >= 0.3 is 12.0 Å². The maximum Gasteiger partial charge on any atom is 0.325 e. The topological polar surface area (TPSA) is 108 Å². The first kappa shape index (κ1) is 15.6. The van der Waals surface area contributed by atoms with Crippen LogP contribution in [0.2, 0.25) is 0 Å². The van der Waals surface area contributed by atoms with Gasteiger partial charge in [0.2, 0.25) is 5.91 Å². The Hall–Kier alpha value is -2.44. The lowest BCUT2D eigenvalue weighted by atomic mass is 10.0. The second-order valence-corrected chi connectivity index (χ2v) is 4.55. The Kier molecular flexibility index (Phi) is 5.64. The molecule has 1 unspecified atom stereocenters. The molecule has 0 fully saturated rings. The van der Waals surface area contributed by atoms with E-state index in [1.165, 1.54) is 0 Å². The zero-order valence-corrected chi connectivity index (χ0v) is 11.3. The van der Waals surface area contributed by atoms with Crippen molar-refractivity contribution in [1.29, 1.82) is 0 Å². The summed E-state index contributed by atoms with van der Waals surface area (Å²) in [4.78, 5) is 37.6. The van der Waals surface area contributed by atoms with Crippen molar-refractivity contribution in [3.8, 4) is 0 Å². The van der Waals surface area contributed by atoms with Gasteiger partial charge in [0, 0.05) is 19.0 Å². The van der Waals surface area contributed by atoms with E-state index in [1.807, 2.05) is 0 Å². The van der Waals surface area contributed by atoms with Crippen LogP contribution in [0.4, 0.5) is 10.5 Å². The van der Waals surface area contributed by atoms with Crippen molar-refractivity contribution in [2.45, 2.75) is 26.7 Å². The van der Waals surface area contributed by atoms with Gasteiger partial charge in [-0.2, -0.15) is 0 Å². The van der Waals surface area contributed by atoms with E-state index in [-0.39, 0.29) is 18.8 Å². The normalized spacial score (nSPS) is 11.5. The Morgan fingerprint density at radius 2 is 2.05 bits per heavy atom. The lowest BCUT2D eigenvalue weighted by molar-refractivity contribution is -0.138. The highest BCUT2D eigenvalue weighted by atomic mass is 16.4. The van der Waals surface area contributed by atoms with E-state index in [2.05, 4.69) is 15.6 Å². The van der Waals surface area contributed by atoms with Crippen LogP contribution < -0.4 is 10.6 Å². The van der Waals surface area contributed by atoms with E-state index in [4.69, 9.17) is 5.11 Å². The lowest BCUT2D eigenvalue weighted by Gasteiger charge is -2.10. The Bertz CT molecular complexity index is 516. The Morgan fingerprint density at radius 3 is 2.65 bits per heavy atom. The third-order valence-corrected chi connectivity index (χ3v) is 2.57. The summed E-state index contributed by atoms with van der Waals surface area (Å²) in [6.07, 6.45) is 1.46. The molecule has 1 atom stereocenters. The number of imide groups is 1. The van der Waals surface area contributed by atoms with Gasteiger partial charge in [-0.25, -0.2) is 4.79 Å². The molecule has 0 aliphatic rings. The number of hydrogen-bond donors (Lipinski definition) is 3. The number of nitrogens with one attached hydrogen (secondary N) is 2. The molecular formula is C13H17N3O4. The molecule has 0 aliphatic heterocycles. The van der Waals surface area contributed by atoms with Crippen molar-refractivity contribution in [2.24, 2.45) is 5.92 Å². The van der Waals surface area contributed by atoms with Crippen LogP contribution in [-0.2, 0) is 9.59 Å². The Morgan fingerprint density at radius 1 is 1.35 bits per heavy atom. The minimum Gasteiger partial charge on any atom is -0.481 e. The van der Waals surface area contributed by atoms with E-state index in [0.717, 1.165) is 0 Å². The molecule has 1 aromatic rings. The molecule has 0 saturated heterocycles. The van der Waals surface area contributed by atoms with E-state index in [1.54, 1.807) is 32.2 Å². The fourth-order valence-electron chi connectivity index (χ4n) is 1.63. The molecule has 0 spiro atoms. The number of urea groups is 1. The molecular weight excluding hydrogens is 262 g/mol. The fourth-order valence-corrected chi connectivity index (χ4v) is 1.63. The molecule has 0 saturated carbocycles. The van der Waals surface area contributed by atoms with Crippen LogP contribution in [0.25, 0.3) is 0 Å². The quantitative estimate of drug-likeness (QED) is 0.757. The number of anilines is 1. The highest BCUT2D eigenvalue weighted by molar-refractivity contribution is 6.01. The van der Waals surface area contributed by atoms with Gasteiger partial charge < -0.3 is 10.4 Å². The predicted octanol–water partition coefficient (Wildman–Crippen LogP) is 1.54. The van der Waals surface area contributed by atoms with Crippen LogP contribution in [-0.4, -0.2) is 28.0 Å². The van der Waals surface area contributed by atoms with Crippen molar-refractivity contribution >= 4 is 23.6 Å². The number of nitrogens with zero attached hydrogens (tertiary/aromatic N) is 1. The number of carboxylic acid groups (broad SMARTS) is 1. The van der Waals surface area contributed by atoms with Crippen molar-refractivity contribution < 1.29 is 19.5 Å². The predicted molar refractivity (Wildman–Crippen MR) is 72.2 cm³/mol. The summed E-state index contributed by atoms with van der Waals surface area (Å²) in [5.41, 5.74) is 1.14. The van der Waals surface area contributed by atoms with Gasteiger partial charge in [0.15, 0.2) is 0 Å². The first-order valence-electron chi connectivity index (χ1n) is 6.12. The average Bonchev–Trinajstić information content (AvgIpc) is 2.30. The number of hydrogen-bond acceptors (Lipinski definition) is 4. The molecule has 3 N–H and O–H groups in total. The second-order valence-electron chi connectivity index (χ2n) is 4.55. The number of aryl methyl sites for hydroxylation is 1. The van der Waals surface area contributed by atoms with E-state index < -0.39 is 17.9 Å². The van der Waals surface area contributed by atoms with Crippen LogP contribution in [0.3, 0.4) is 0 Å². The van der Waals surface area contributed by atoms with Crippen molar-refractivity contribution in [2.75, 3.05) is 5.32 Å². The molecule has 7 nitrogen and oxygen atoms in total. The van der Waals surface area contributed by atoms with Crippen LogP contribution in [0.1, 0.15) is 25.5 Å². The number of pyridine rings is 1. The van der Waals surface area contributed by atoms with Crippen molar-refractivity contribution in [3.63, 3.8) is 0 Å². The standard InChI is InChI=1S/C13H17N3O4/c1-8(7-12(18)19)6-11(17)16-13(20)15-10-4-3-5-14-9(10)2/h3-5,8H,6-7H2,1-2H3,(H,18,19)(H2,15,16,17,20). The number of carbonyl (C=O) groups excluding carboxylic acids is 2. The minimum atomic E-state index is -0.972. The Balaban J connectivity index is 2.44. The van der Waals surface area contributed by atoms with E-state index >= 15 is 0 Å². The largest absolute Gasteiger partial charge is 0.481 e. The van der Waals surface area contributed by atoms with Gasteiger partial charge in [-0.05, 0) is 25.0 Å². The Labute approximate surface area is 116 Å². The third-order valence-electron chi connectivity index (χ3n) is 2.57. The number of amides is 3. The average molecular weight is 279 g/mol. The molecule has 0 radical (unpaired) electrons. The van der Waals surface area contributed by atoms with E-state index in [9.17, 15) is 14.4 Å². The van der Waals surface area contributed by atoms with Crippen LogP contribution in [0.15, 0.2) is 18.3 Å². The summed E-state index contributed by atoms with van der Waals surface area (Å²) in [6, 6.07) is 2.67. The first-order valence-corrected chi connectivity index (χ1v) is 6.12. The number of aliphatic carboxylic acids is 1. The monoisotopic (exact) mass is 279 g/mol. The van der Waals surface area contributed by atoms with Gasteiger partial charge in [0.25, 0.3) is 0 Å². The van der Waals surface area contributed by atoms with Gasteiger partial charge in [-0.1, -0.05) is 6.92 Å². The maximum absolute atomic E-state index is 11.6. The third kappa shape index (κ3) is 5.47. The highest BCUT2D eigenvalue weighted by Crippen LogP contribution is 2.10. The van der Waals surface area contributed by atoms with E-state index in [0.29, 0.717) is 11.4 Å². The highest BCUT2D eigenvalue weighted by Gasteiger charge is 2.15. The van der Waals surface area contributed by atoms with Gasteiger partial charge in [0.1, 0.15) is 0 Å². The zero-order chi connectivity index (χ0) is 15.1. The SMILES string of the molecule is Cc1ncccc1NC(=O)NC(=O)CC(C)CC(=O)O. The lowest BCUT2D eigenvalue weighted by Crippen LogP contribution is -2.35. The molecule has 1 aromatic heterocycles. The second kappa shape index (κ2) is 7.22. The first-order chi connectivity index (χ1) is 9.38. The molecule has 0 aromatic carbocycles. The molecule has 1 heterocycles. The number of aromatic nitrogens is 1. The summed E-state index contributed by atoms with van der Waals surface area (Å²) in [5, 5.41) is 13.2. The summed E-state index contributed by atoms with van der Waals surface area (Å²) < 4.78 is 0. The fraction of sp³-hybridized carbons (Fsp3) is 0.385. The summed E-state index contributed by atoms with van der Waals surface area (Å²) in [5.74, 6) is -1.82. The molecule has 3 amide bonds. The minimum absolute atomic E-state index is 0.0221. The number of carbonyl (C=O) groups is 3.